The Kier molecular flexibility index (Phi) is 10.3. The quantitative estimate of drug-likeness (QED) is 0.230. The number of phenols is 1. The second-order valence-electron chi connectivity index (χ2n) is 10.1. The fourth-order valence-corrected chi connectivity index (χ4v) is 4.97. The number of benzene rings is 3. The van der Waals surface area contributed by atoms with E-state index in [0.717, 1.165) is 65.9 Å². The Morgan fingerprint density at radius 1 is 1.02 bits per heavy atom. The van der Waals surface area contributed by atoms with Gasteiger partial charge in [0.25, 0.3) is 5.91 Å². The summed E-state index contributed by atoms with van der Waals surface area (Å²) in [7, 11) is 0. The SMILES string of the molecule is CCCNC(=O)C1CCc2ccc(OCCCOc3cc(O)c(-c4ccc(F)cc4)cc3CC)c(CCC)c2O1. The van der Waals surface area contributed by atoms with Gasteiger partial charge in [0.1, 0.15) is 28.8 Å². The molecule has 0 saturated carbocycles. The number of phenolic OH excluding ortho intramolecular Hbond substituents is 1. The minimum atomic E-state index is -0.475. The van der Waals surface area contributed by atoms with Crippen molar-refractivity contribution in [2.24, 2.45) is 0 Å². The van der Waals surface area contributed by atoms with Crippen molar-refractivity contribution >= 4 is 5.91 Å². The lowest BCUT2D eigenvalue weighted by atomic mass is 9.96. The molecule has 0 aliphatic carbocycles. The molecule has 40 heavy (non-hydrogen) atoms. The minimum Gasteiger partial charge on any atom is -0.507 e. The Balaban J connectivity index is 1.37. The largest absolute Gasteiger partial charge is 0.507 e. The number of rotatable bonds is 13. The highest BCUT2D eigenvalue weighted by atomic mass is 19.1. The molecule has 0 aromatic heterocycles. The number of ether oxygens (including phenoxy) is 3. The molecule has 1 unspecified atom stereocenters. The number of halogens is 1. The van der Waals surface area contributed by atoms with Crippen molar-refractivity contribution in [3.63, 3.8) is 0 Å². The lowest BCUT2D eigenvalue weighted by molar-refractivity contribution is -0.128. The summed E-state index contributed by atoms with van der Waals surface area (Å²) in [6.45, 7) is 7.71. The predicted molar refractivity (Wildman–Crippen MR) is 155 cm³/mol. The van der Waals surface area contributed by atoms with Gasteiger partial charge in [0, 0.05) is 30.2 Å². The zero-order valence-corrected chi connectivity index (χ0v) is 23.7. The average molecular weight is 550 g/mol. The van der Waals surface area contributed by atoms with E-state index in [-0.39, 0.29) is 17.5 Å². The van der Waals surface area contributed by atoms with Crippen LogP contribution in [0, 0.1) is 5.82 Å². The van der Waals surface area contributed by atoms with Crippen molar-refractivity contribution < 1.29 is 28.5 Å². The summed E-state index contributed by atoms with van der Waals surface area (Å²) >= 11 is 0. The summed E-state index contributed by atoms with van der Waals surface area (Å²) in [4.78, 5) is 12.5. The van der Waals surface area contributed by atoms with E-state index in [1.165, 1.54) is 12.1 Å². The van der Waals surface area contributed by atoms with Crippen molar-refractivity contribution in [1.29, 1.82) is 0 Å². The van der Waals surface area contributed by atoms with Gasteiger partial charge in [-0.1, -0.05) is 45.4 Å². The molecule has 1 aliphatic heterocycles. The molecule has 0 saturated heterocycles. The van der Waals surface area contributed by atoms with Crippen LogP contribution in [-0.4, -0.2) is 36.9 Å². The Morgan fingerprint density at radius 3 is 2.48 bits per heavy atom. The van der Waals surface area contributed by atoms with Gasteiger partial charge in [0.15, 0.2) is 6.10 Å². The molecule has 1 amide bonds. The molecule has 7 heteroatoms. The van der Waals surface area contributed by atoms with Crippen LogP contribution in [0.4, 0.5) is 4.39 Å². The number of aromatic hydroxyl groups is 1. The Hall–Kier alpha value is -3.74. The third-order valence-electron chi connectivity index (χ3n) is 7.10. The van der Waals surface area contributed by atoms with E-state index in [0.29, 0.717) is 43.9 Å². The van der Waals surface area contributed by atoms with Gasteiger partial charge in [-0.2, -0.15) is 0 Å². The van der Waals surface area contributed by atoms with Gasteiger partial charge in [0.05, 0.1) is 13.2 Å². The first-order valence-electron chi connectivity index (χ1n) is 14.4. The van der Waals surface area contributed by atoms with E-state index >= 15 is 0 Å². The molecular formula is C33H40FNO5. The molecule has 0 spiro atoms. The van der Waals surface area contributed by atoms with E-state index in [9.17, 15) is 14.3 Å². The molecule has 2 N–H and O–H groups in total. The second-order valence-corrected chi connectivity index (χ2v) is 10.1. The summed E-state index contributed by atoms with van der Waals surface area (Å²) in [5, 5.41) is 13.6. The van der Waals surface area contributed by atoms with Gasteiger partial charge in [-0.25, -0.2) is 4.39 Å². The number of fused-ring (bicyclic) bond motifs is 1. The number of carbonyl (C=O) groups excluding carboxylic acids is 1. The van der Waals surface area contributed by atoms with Crippen molar-refractivity contribution in [3.05, 3.63) is 71.0 Å². The van der Waals surface area contributed by atoms with Crippen molar-refractivity contribution in [1.82, 2.24) is 5.32 Å². The van der Waals surface area contributed by atoms with Crippen LogP contribution in [0.25, 0.3) is 11.1 Å². The lowest BCUT2D eigenvalue weighted by Crippen LogP contribution is -2.40. The highest BCUT2D eigenvalue weighted by Crippen LogP contribution is 2.39. The van der Waals surface area contributed by atoms with Crippen LogP contribution in [0.1, 0.15) is 63.1 Å². The molecule has 3 aromatic rings. The van der Waals surface area contributed by atoms with Gasteiger partial charge in [-0.15, -0.1) is 0 Å². The average Bonchev–Trinajstić information content (AvgIpc) is 2.97. The molecular weight excluding hydrogens is 509 g/mol. The number of nitrogens with one attached hydrogen (secondary N) is 1. The van der Waals surface area contributed by atoms with Gasteiger partial charge in [0.2, 0.25) is 0 Å². The van der Waals surface area contributed by atoms with E-state index in [1.54, 1.807) is 18.2 Å². The molecule has 1 aliphatic rings. The molecule has 6 nitrogen and oxygen atoms in total. The van der Waals surface area contributed by atoms with Crippen LogP contribution in [0.5, 0.6) is 23.0 Å². The fraction of sp³-hybridized carbons (Fsp3) is 0.424. The van der Waals surface area contributed by atoms with Gasteiger partial charge in [-0.3, -0.25) is 4.79 Å². The molecule has 4 rings (SSSR count). The normalized spacial score (nSPS) is 14.2. The van der Waals surface area contributed by atoms with Crippen LogP contribution < -0.4 is 19.5 Å². The van der Waals surface area contributed by atoms with E-state index < -0.39 is 6.10 Å². The van der Waals surface area contributed by atoms with E-state index in [2.05, 4.69) is 12.2 Å². The van der Waals surface area contributed by atoms with Gasteiger partial charge in [-0.05, 0) is 73.1 Å². The first-order chi connectivity index (χ1) is 19.4. The number of amides is 1. The minimum absolute atomic E-state index is 0.0541. The Labute approximate surface area is 236 Å². The maximum Gasteiger partial charge on any atom is 0.261 e. The van der Waals surface area contributed by atoms with Crippen LogP contribution >= 0.6 is 0 Å². The third-order valence-corrected chi connectivity index (χ3v) is 7.10. The van der Waals surface area contributed by atoms with E-state index in [1.807, 2.05) is 32.0 Å². The van der Waals surface area contributed by atoms with Crippen LogP contribution in [0.2, 0.25) is 0 Å². The third kappa shape index (κ3) is 7.06. The van der Waals surface area contributed by atoms with Crippen molar-refractivity contribution in [2.45, 2.75) is 71.8 Å². The molecule has 214 valence electrons. The maximum atomic E-state index is 13.3. The Morgan fingerprint density at radius 2 is 1.77 bits per heavy atom. The summed E-state index contributed by atoms with van der Waals surface area (Å²) in [5.41, 5.74) is 4.50. The summed E-state index contributed by atoms with van der Waals surface area (Å²) < 4.78 is 31.8. The Bertz CT molecular complexity index is 1290. The standard InChI is InChI=1S/C33H40FNO5/c1-4-8-26-29(15-11-24-12-16-30(40-32(24)26)33(37)35-17-5-2)38-18-7-19-39-31-21-28(36)27(20-22(31)6-3)23-9-13-25(34)14-10-23/h9-11,13-15,20-21,30,36H,4-8,12,16-19H2,1-3H3,(H,35,37). The van der Waals surface area contributed by atoms with Crippen molar-refractivity contribution in [2.75, 3.05) is 19.8 Å². The number of hydrogen-bond donors (Lipinski definition) is 2. The summed E-state index contributed by atoms with van der Waals surface area (Å²) in [6, 6.07) is 13.7. The highest BCUT2D eigenvalue weighted by molar-refractivity contribution is 5.81. The zero-order valence-electron chi connectivity index (χ0n) is 23.7. The first kappa shape index (κ1) is 29.2. The van der Waals surface area contributed by atoms with Gasteiger partial charge < -0.3 is 24.6 Å². The molecule has 0 radical (unpaired) electrons. The maximum absolute atomic E-state index is 13.3. The number of aryl methyl sites for hydroxylation is 2. The number of carbonyl (C=O) groups is 1. The van der Waals surface area contributed by atoms with E-state index in [4.69, 9.17) is 14.2 Å². The lowest BCUT2D eigenvalue weighted by Gasteiger charge is -2.28. The predicted octanol–water partition coefficient (Wildman–Crippen LogP) is 6.78. The van der Waals surface area contributed by atoms with Crippen LogP contribution in [0.3, 0.4) is 0 Å². The van der Waals surface area contributed by atoms with Gasteiger partial charge >= 0.3 is 0 Å². The highest BCUT2D eigenvalue weighted by Gasteiger charge is 2.28. The smallest absolute Gasteiger partial charge is 0.261 e. The second kappa shape index (κ2) is 14.1. The molecule has 0 bridgehead atoms. The number of hydrogen-bond acceptors (Lipinski definition) is 5. The molecule has 0 fully saturated rings. The summed E-state index contributed by atoms with van der Waals surface area (Å²) in [5.74, 6) is 1.93. The zero-order chi connectivity index (χ0) is 28.5. The van der Waals surface area contributed by atoms with Crippen LogP contribution in [-0.2, 0) is 24.1 Å². The molecule has 1 atom stereocenters. The molecule has 3 aromatic carbocycles. The monoisotopic (exact) mass is 549 g/mol. The van der Waals surface area contributed by atoms with Crippen molar-refractivity contribution in [3.8, 4) is 34.1 Å². The topological polar surface area (TPSA) is 77.0 Å². The first-order valence-corrected chi connectivity index (χ1v) is 14.4. The van der Waals surface area contributed by atoms with Crippen LogP contribution in [0.15, 0.2) is 48.5 Å². The summed E-state index contributed by atoms with van der Waals surface area (Å²) in [6.07, 6.45) is 5.00. The molecule has 1 heterocycles. The fourth-order valence-electron chi connectivity index (χ4n) is 4.97.